The molecule has 1 aliphatic rings. The molecule has 0 saturated heterocycles. The fraction of sp³-hybridized carbons (Fsp3) is 0.429. The molecule has 0 aliphatic carbocycles. The van der Waals surface area contributed by atoms with Crippen molar-refractivity contribution in [3.8, 4) is 11.1 Å². The van der Waals surface area contributed by atoms with E-state index in [4.69, 9.17) is 0 Å². The van der Waals surface area contributed by atoms with Gasteiger partial charge in [0.05, 0.1) is 0 Å². The quantitative estimate of drug-likeness (QED) is 0.538. The number of fused-ring (bicyclic) bond motifs is 3. The average molecular weight is 488 g/mol. The summed E-state index contributed by atoms with van der Waals surface area (Å²) in [6.45, 7) is 14.4. The van der Waals surface area contributed by atoms with Gasteiger partial charge in [0.1, 0.15) is 0 Å². The van der Waals surface area contributed by atoms with Gasteiger partial charge in [-0.15, -0.1) is 0 Å². The van der Waals surface area contributed by atoms with Crippen molar-refractivity contribution in [2.75, 3.05) is 0 Å². The van der Waals surface area contributed by atoms with Crippen LogP contribution in [0.1, 0.15) is 64.5 Å². The molecule has 1 aliphatic heterocycles. The van der Waals surface area contributed by atoms with Gasteiger partial charge in [-0.3, -0.25) is 0 Å². The van der Waals surface area contributed by atoms with Crippen molar-refractivity contribution >= 4 is 28.3 Å². The predicted octanol–water partition coefficient (Wildman–Crippen LogP) is 4.93. The van der Waals surface area contributed by atoms with E-state index in [1.807, 2.05) is 3.27 Å². The number of rotatable bonds is 3. The summed E-state index contributed by atoms with van der Waals surface area (Å²) in [6, 6.07) is 14.1. The van der Waals surface area contributed by atoms with Crippen LogP contribution in [0.5, 0.6) is 0 Å². The standard InChI is InChI=1S/C18H20.C3H7.Bi/c1-13(2)17-11-10-16(12-18(17)14(3)4)15-8-6-5-7-9-15;1-3-2;/h5-8,10-11,13-14H,1-4H3;3H,1-2H3;. The molecule has 2 aromatic carbocycles. The fourth-order valence-electron chi connectivity index (χ4n) is 3.78. The molecule has 22 heavy (non-hydrogen) atoms. The number of hydrogen-bond donors (Lipinski definition) is 0. The predicted molar refractivity (Wildman–Crippen MR) is 100 cm³/mol. The van der Waals surface area contributed by atoms with Crippen LogP contribution in [-0.2, 0) is 0 Å². The van der Waals surface area contributed by atoms with Gasteiger partial charge < -0.3 is 0 Å². The molecule has 0 bridgehead atoms. The summed E-state index contributed by atoms with van der Waals surface area (Å²) in [5.41, 5.74) is 6.38. The van der Waals surface area contributed by atoms with Crippen molar-refractivity contribution in [3.05, 3.63) is 47.5 Å². The van der Waals surface area contributed by atoms with Gasteiger partial charge in [-0.05, 0) is 0 Å². The maximum absolute atomic E-state index is 2.45. The molecule has 0 saturated carbocycles. The van der Waals surface area contributed by atoms with Gasteiger partial charge in [0.15, 0.2) is 0 Å². The van der Waals surface area contributed by atoms with E-state index < -0.39 is 21.8 Å². The van der Waals surface area contributed by atoms with Gasteiger partial charge in [0.2, 0.25) is 0 Å². The van der Waals surface area contributed by atoms with E-state index in [0.717, 1.165) is 3.63 Å². The van der Waals surface area contributed by atoms with E-state index in [1.54, 1.807) is 25.5 Å². The van der Waals surface area contributed by atoms with E-state index in [-0.39, 0.29) is 0 Å². The minimum atomic E-state index is -1.89. The molecule has 0 aromatic heterocycles. The van der Waals surface area contributed by atoms with Crippen LogP contribution in [0.4, 0.5) is 0 Å². The van der Waals surface area contributed by atoms with Crippen molar-refractivity contribution in [1.29, 1.82) is 0 Å². The summed E-state index contributed by atoms with van der Waals surface area (Å²) < 4.78 is 4.37. The Hall–Kier alpha value is -0.677. The molecule has 0 spiro atoms. The number of hydrogen-bond acceptors (Lipinski definition) is 0. The van der Waals surface area contributed by atoms with Crippen molar-refractivity contribution in [2.45, 2.75) is 57.0 Å². The Morgan fingerprint density at radius 3 is 2.00 bits per heavy atom. The third kappa shape index (κ3) is 2.46. The second-order valence-corrected chi connectivity index (χ2v) is 17.8. The molecule has 116 valence electrons. The van der Waals surface area contributed by atoms with Crippen LogP contribution in [-0.4, -0.2) is 21.8 Å². The SMILES string of the molecule is CC(C)c1ccc2[c](c1C(C)C)[Bi]([CH](C)C)[c]1ccccc1-2. The fourth-order valence-corrected chi connectivity index (χ4v) is 15.9. The Balaban J connectivity index is 2.35. The van der Waals surface area contributed by atoms with E-state index in [9.17, 15) is 0 Å². The van der Waals surface area contributed by atoms with Gasteiger partial charge in [-0.25, -0.2) is 0 Å². The van der Waals surface area contributed by atoms with Crippen molar-refractivity contribution < 1.29 is 0 Å². The second-order valence-electron chi connectivity index (χ2n) is 7.25. The molecular formula is C21H27Bi. The molecule has 0 radical (unpaired) electrons. The van der Waals surface area contributed by atoms with Crippen LogP contribution in [0.25, 0.3) is 11.1 Å². The maximum atomic E-state index is 2.45. The van der Waals surface area contributed by atoms with Gasteiger partial charge in [-0.1, -0.05) is 0 Å². The Morgan fingerprint density at radius 2 is 1.41 bits per heavy atom. The molecule has 2 aromatic rings. The molecule has 0 atom stereocenters. The molecular weight excluding hydrogens is 461 g/mol. The topological polar surface area (TPSA) is 0 Å². The van der Waals surface area contributed by atoms with Gasteiger partial charge >= 0.3 is 144 Å². The molecule has 0 N–H and O–H groups in total. The van der Waals surface area contributed by atoms with Crippen LogP contribution in [0.3, 0.4) is 0 Å². The first-order chi connectivity index (χ1) is 10.4. The first-order valence-electron chi connectivity index (χ1n) is 8.48. The molecule has 0 unspecified atom stereocenters. The Morgan fingerprint density at radius 1 is 0.727 bits per heavy atom. The van der Waals surface area contributed by atoms with E-state index in [0.29, 0.717) is 11.8 Å². The minimum absolute atomic E-state index is 0.615. The summed E-state index contributed by atoms with van der Waals surface area (Å²) >= 11 is -1.89. The van der Waals surface area contributed by atoms with Crippen LogP contribution in [0.2, 0.25) is 3.63 Å². The monoisotopic (exact) mass is 488 g/mol. The second kappa shape index (κ2) is 6.08. The van der Waals surface area contributed by atoms with Crippen LogP contribution < -0.4 is 6.54 Å². The third-order valence-electron chi connectivity index (χ3n) is 4.66. The van der Waals surface area contributed by atoms with Crippen LogP contribution in [0.15, 0.2) is 36.4 Å². The zero-order valence-electron chi connectivity index (χ0n) is 14.6. The first kappa shape index (κ1) is 16.2. The normalized spacial score (nSPS) is 14.0. The summed E-state index contributed by atoms with van der Waals surface area (Å²) in [5.74, 6) is 1.24. The number of benzene rings is 2. The van der Waals surface area contributed by atoms with Crippen LogP contribution in [0, 0.1) is 0 Å². The van der Waals surface area contributed by atoms with Crippen LogP contribution >= 0.6 is 0 Å². The average Bonchev–Trinajstić information content (AvgIpc) is 2.80. The van der Waals surface area contributed by atoms with Crippen molar-refractivity contribution in [2.24, 2.45) is 0 Å². The molecule has 0 fully saturated rings. The van der Waals surface area contributed by atoms with Gasteiger partial charge in [0, 0.05) is 0 Å². The Bertz CT molecular complexity index is 695. The Kier molecular flexibility index (Phi) is 4.48. The molecule has 1 heteroatoms. The van der Waals surface area contributed by atoms with E-state index >= 15 is 0 Å². The molecule has 1 heterocycles. The summed E-state index contributed by atoms with van der Waals surface area (Å²) in [5, 5.41) is 0. The third-order valence-corrected chi connectivity index (χ3v) is 16.0. The molecule has 0 amide bonds. The summed E-state index contributed by atoms with van der Waals surface area (Å²) in [6.07, 6.45) is 0. The van der Waals surface area contributed by atoms with E-state index in [2.05, 4.69) is 77.9 Å². The van der Waals surface area contributed by atoms with E-state index in [1.165, 1.54) is 0 Å². The summed E-state index contributed by atoms with van der Waals surface area (Å²) in [4.78, 5) is 0. The summed E-state index contributed by atoms with van der Waals surface area (Å²) in [7, 11) is 0. The molecule has 0 nitrogen and oxygen atoms in total. The Labute approximate surface area is 143 Å². The first-order valence-corrected chi connectivity index (χ1v) is 14.0. The van der Waals surface area contributed by atoms with Gasteiger partial charge in [0.25, 0.3) is 0 Å². The zero-order valence-corrected chi connectivity index (χ0v) is 18.1. The van der Waals surface area contributed by atoms with Gasteiger partial charge in [-0.2, -0.15) is 0 Å². The zero-order chi connectivity index (χ0) is 16.0. The van der Waals surface area contributed by atoms with Crippen molar-refractivity contribution in [1.82, 2.24) is 0 Å². The molecule has 3 rings (SSSR count). The van der Waals surface area contributed by atoms with Crippen molar-refractivity contribution in [3.63, 3.8) is 0 Å².